The number of nitrogens with two attached hydrogens (primary N) is 4. The predicted molar refractivity (Wildman–Crippen MR) is 250 cm³/mol. The molecule has 1 aliphatic rings. The molecule has 1 aliphatic heterocycles. The molecule has 1 saturated heterocycles. The first-order valence-electron chi connectivity index (χ1n) is 20.0. The van der Waals surface area contributed by atoms with Gasteiger partial charge >= 0.3 is 5.82 Å². The lowest BCUT2D eigenvalue weighted by molar-refractivity contribution is -0.392. The van der Waals surface area contributed by atoms with E-state index in [9.17, 15) is 44.9 Å². The van der Waals surface area contributed by atoms with Crippen LogP contribution < -0.4 is 38.9 Å². The zero-order valence-electron chi connectivity index (χ0n) is 36.2. The van der Waals surface area contributed by atoms with E-state index >= 15 is 0 Å². The van der Waals surface area contributed by atoms with Crippen molar-refractivity contribution in [2.45, 2.75) is 92.2 Å². The number of amides is 3. The van der Waals surface area contributed by atoms with Crippen molar-refractivity contribution in [3.8, 4) is 5.88 Å². The first-order valence-corrected chi connectivity index (χ1v) is 20.8. The number of imidazole rings is 3. The number of carbonyl (C=O) groups excluding carboxylic acids is 3. The molecule has 17 N–H and O–H groups in total. The SMILES string of the molecule is Cl.Cl.Cl.Cn1cnc([N+](=O)[O-])c1Sc1ncnc2nc[nH]c12.NC(=O)c1ncn([C@@H]2O[C@H](CO)[C@@H](O)[C@H]2O)c1O.NCCCNCCCCNC(=O)C(O)NC(=O)CCCCCCN=C(N)N. The molecule has 0 aromatic carbocycles. The van der Waals surface area contributed by atoms with Crippen LogP contribution in [0.3, 0.4) is 0 Å². The Morgan fingerprint density at radius 3 is 2.28 bits per heavy atom. The summed E-state index contributed by atoms with van der Waals surface area (Å²) >= 11 is 1.15. The first kappa shape index (κ1) is 61.8. The number of aliphatic hydroxyl groups excluding tert-OH is 4. The van der Waals surface area contributed by atoms with E-state index in [4.69, 9.17) is 32.8 Å². The Labute approximate surface area is 406 Å². The van der Waals surface area contributed by atoms with E-state index < -0.39 is 60.0 Å². The van der Waals surface area contributed by atoms with E-state index in [0.29, 0.717) is 47.3 Å². The summed E-state index contributed by atoms with van der Waals surface area (Å²) in [5.41, 5.74) is 21.6. The number of aromatic amines is 1. The second kappa shape index (κ2) is 32.5. The zero-order chi connectivity index (χ0) is 47.2. The number of aryl methyl sites for hydroxylation is 1. The van der Waals surface area contributed by atoms with Crippen molar-refractivity contribution < 1.29 is 49.6 Å². The van der Waals surface area contributed by atoms with Crippen molar-refractivity contribution in [3.05, 3.63) is 41.1 Å². The number of aliphatic imine (C=N–C) groups is 1. The molecule has 1 fully saturated rings. The summed E-state index contributed by atoms with van der Waals surface area (Å²) in [5, 5.41) is 67.6. The van der Waals surface area contributed by atoms with Crippen molar-refractivity contribution in [2.75, 3.05) is 39.3 Å². The monoisotopic (exact) mass is 1030 g/mol. The van der Waals surface area contributed by atoms with Gasteiger partial charge in [0.25, 0.3) is 11.8 Å². The third kappa shape index (κ3) is 19.9. The van der Waals surface area contributed by atoms with Crippen LogP contribution in [-0.2, 0) is 21.4 Å². The standard InChI is InChI=1S/C17H37N7O3.C9H7N7O2S.C9H13N3O6.3ClH/c18-9-7-11-21-10-5-6-12-22-15(26)16(27)24-14(25)8-3-1-2-4-13-23-17(19)20;1-15-4-14-7(16(17)18)9(15)19-8-5-6(11-2-10-5)12-3-13-8;10-7(16)4-8(17)12(2-11-4)9-6(15)5(14)3(1-13)18-9;;;/h16,21,27H,1-13,18H2,(H,22,26)(H,24,25)(H4,19,20,23);2-4H,1H3,(H,10,11,12,13);2-3,5-6,9,13-15,17H,1H2,(H2,10,16);3*1H/t;;3-,5-,6-,9-;;;/m..1.../s1. The number of guanidine groups is 1. The number of aliphatic hydroxyl groups is 4. The first-order chi connectivity index (χ1) is 30.6. The lowest BCUT2D eigenvalue weighted by Gasteiger charge is -2.16. The highest BCUT2D eigenvalue weighted by Crippen LogP contribution is 2.35. The molecule has 5 rings (SSSR count). The molecule has 67 heavy (non-hydrogen) atoms. The van der Waals surface area contributed by atoms with Crippen LogP contribution in [0, 0.1) is 10.1 Å². The molecule has 32 heteroatoms. The van der Waals surface area contributed by atoms with E-state index in [-0.39, 0.29) is 67.0 Å². The van der Waals surface area contributed by atoms with E-state index in [1.165, 1.54) is 19.0 Å². The largest absolute Gasteiger partial charge is 0.493 e. The number of hydrogen-bond donors (Lipinski definition) is 13. The average molecular weight is 1030 g/mol. The highest BCUT2D eigenvalue weighted by molar-refractivity contribution is 7.99. The molecular formula is C35H60Cl3N17O11S. The summed E-state index contributed by atoms with van der Waals surface area (Å²) in [5.74, 6) is -2.54. The van der Waals surface area contributed by atoms with Gasteiger partial charge in [0.2, 0.25) is 24.3 Å². The van der Waals surface area contributed by atoms with Gasteiger partial charge in [-0.2, -0.15) is 0 Å². The Morgan fingerprint density at radius 1 is 0.970 bits per heavy atom. The molecule has 0 radical (unpaired) electrons. The molecule has 0 bridgehead atoms. The minimum Gasteiger partial charge on any atom is -0.493 e. The maximum Gasteiger partial charge on any atom is 0.396 e. The fourth-order valence-electron chi connectivity index (χ4n) is 5.67. The van der Waals surface area contributed by atoms with Crippen LogP contribution >= 0.6 is 49.0 Å². The lowest BCUT2D eigenvalue weighted by atomic mass is 10.1. The number of carbonyl (C=O) groups is 3. The minimum atomic E-state index is -1.51. The molecule has 0 aliphatic carbocycles. The Kier molecular flexibility index (Phi) is 30.0. The second-order valence-electron chi connectivity index (χ2n) is 13.9. The molecule has 1 unspecified atom stereocenters. The van der Waals surface area contributed by atoms with Crippen molar-refractivity contribution in [2.24, 2.45) is 35.0 Å². The normalized spacial score (nSPS) is 16.3. The zero-order valence-corrected chi connectivity index (χ0v) is 39.5. The molecule has 28 nitrogen and oxygen atoms in total. The van der Waals surface area contributed by atoms with Gasteiger partial charge in [0, 0.05) is 26.6 Å². The van der Waals surface area contributed by atoms with Gasteiger partial charge in [0.15, 0.2) is 28.6 Å². The number of aromatic hydroxyl groups is 1. The quantitative estimate of drug-likeness (QED) is 0.00740. The van der Waals surface area contributed by atoms with Crippen LogP contribution in [0.25, 0.3) is 11.2 Å². The number of hydrogen-bond acceptors (Lipinski definition) is 20. The topological polar surface area (TPSA) is 447 Å². The second-order valence-corrected chi connectivity index (χ2v) is 14.8. The summed E-state index contributed by atoms with van der Waals surface area (Å²) in [7, 11) is 1.69. The van der Waals surface area contributed by atoms with Crippen LogP contribution in [0.2, 0.25) is 0 Å². The fraction of sp³-hybridized carbons (Fsp3) is 0.571. The maximum atomic E-state index is 11.7. The third-order valence-electron chi connectivity index (χ3n) is 9.00. The highest BCUT2D eigenvalue weighted by Gasteiger charge is 2.44. The number of fused-ring (bicyclic) bond motifs is 1. The van der Waals surface area contributed by atoms with E-state index in [2.05, 4.69) is 50.8 Å². The number of primary amides is 1. The van der Waals surface area contributed by atoms with Crippen LogP contribution in [-0.4, -0.2) is 157 Å². The summed E-state index contributed by atoms with van der Waals surface area (Å²) in [4.78, 5) is 71.0. The van der Waals surface area contributed by atoms with Crippen LogP contribution in [0.15, 0.2) is 40.4 Å². The highest BCUT2D eigenvalue weighted by atomic mass is 35.5. The number of ether oxygens (including phenoxy) is 1. The summed E-state index contributed by atoms with van der Waals surface area (Å²) in [6.07, 6.45) is 5.21. The van der Waals surface area contributed by atoms with Crippen LogP contribution in [0.1, 0.15) is 68.1 Å². The summed E-state index contributed by atoms with van der Waals surface area (Å²) in [6, 6.07) is 0. The van der Waals surface area contributed by atoms with Gasteiger partial charge in [-0.25, -0.2) is 19.9 Å². The number of nitrogens with zero attached hydrogens (tertiary/aromatic N) is 9. The number of halogens is 3. The number of aromatic nitrogens is 8. The molecule has 5 heterocycles. The molecule has 3 amide bonds. The molecule has 5 atom stereocenters. The van der Waals surface area contributed by atoms with Gasteiger partial charge in [-0.3, -0.25) is 23.9 Å². The number of H-pyrrole nitrogens is 1. The molecule has 0 saturated carbocycles. The number of rotatable bonds is 23. The van der Waals surface area contributed by atoms with Gasteiger partial charge < -0.3 is 88.8 Å². The summed E-state index contributed by atoms with van der Waals surface area (Å²) < 4.78 is 7.69. The van der Waals surface area contributed by atoms with Gasteiger partial charge in [0.1, 0.15) is 41.5 Å². The Bertz CT molecular complexity index is 2130. The van der Waals surface area contributed by atoms with Gasteiger partial charge in [0.05, 0.1) is 12.9 Å². The third-order valence-corrected chi connectivity index (χ3v) is 10.2. The van der Waals surface area contributed by atoms with Crippen LogP contribution in [0.5, 0.6) is 5.88 Å². The number of nitro groups is 1. The van der Waals surface area contributed by atoms with Gasteiger partial charge in [-0.1, -0.05) is 12.8 Å². The lowest BCUT2D eigenvalue weighted by Crippen LogP contribution is -2.46. The Morgan fingerprint density at radius 2 is 1.66 bits per heavy atom. The minimum absolute atomic E-state index is 0. The fourth-order valence-corrected chi connectivity index (χ4v) is 6.62. The van der Waals surface area contributed by atoms with Crippen LogP contribution in [0.4, 0.5) is 5.82 Å². The van der Waals surface area contributed by atoms with E-state index in [1.807, 2.05) is 0 Å². The average Bonchev–Trinajstić information content (AvgIpc) is 4.05. The molecule has 4 aromatic heterocycles. The smallest absolute Gasteiger partial charge is 0.396 e. The summed E-state index contributed by atoms with van der Waals surface area (Å²) in [6.45, 7) is 2.97. The number of unbranched alkanes of at least 4 members (excludes halogenated alkanes) is 4. The molecule has 4 aromatic rings. The van der Waals surface area contributed by atoms with Gasteiger partial charge in [-0.15, -0.1) is 37.2 Å². The molecule has 378 valence electrons. The van der Waals surface area contributed by atoms with Gasteiger partial charge in [-0.05, 0) is 73.4 Å². The Balaban J connectivity index is 0.000000974. The van der Waals surface area contributed by atoms with Crippen molar-refractivity contribution in [1.29, 1.82) is 0 Å². The molecular weight excluding hydrogens is 973 g/mol. The van der Waals surface area contributed by atoms with Crippen molar-refractivity contribution in [3.63, 3.8) is 0 Å². The predicted octanol–water partition coefficient (Wildman–Crippen LogP) is -1.81. The van der Waals surface area contributed by atoms with Crippen molar-refractivity contribution >= 4 is 89.6 Å². The molecule has 0 spiro atoms. The van der Waals surface area contributed by atoms with Crippen molar-refractivity contribution in [1.82, 2.24) is 55.0 Å². The van der Waals surface area contributed by atoms with E-state index in [1.54, 1.807) is 11.6 Å². The number of nitrogens with one attached hydrogen (secondary N) is 4. The van der Waals surface area contributed by atoms with E-state index in [0.717, 1.165) is 74.3 Å². The maximum absolute atomic E-state index is 11.7. The Hall–Kier alpha value is -5.21.